The second-order valence-electron chi connectivity index (χ2n) is 7.13. The minimum absolute atomic E-state index is 0.0578. The van der Waals surface area contributed by atoms with Crippen LogP contribution in [0, 0.1) is 5.82 Å². The Balaban J connectivity index is 2.30. The summed E-state index contributed by atoms with van der Waals surface area (Å²) in [6.07, 6.45) is -5.66. The van der Waals surface area contributed by atoms with E-state index < -0.39 is 41.3 Å². The van der Waals surface area contributed by atoms with Crippen LogP contribution >= 0.6 is 0 Å². The van der Waals surface area contributed by atoms with Crippen molar-refractivity contribution in [3.8, 4) is 0 Å². The molecule has 1 amide bonds. The maximum atomic E-state index is 13.3. The van der Waals surface area contributed by atoms with E-state index in [2.05, 4.69) is 0 Å². The van der Waals surface area contributed by atoms with Crippen LogP contribution in [-0.2, 0) is 15.7 Å². The third kappa shape index (κ3) is 5.01. The number of hydrogen-bond donors (Lipinski definition) is 1. The Hall–Kier alpha value is -2.52. The van der Waals surface area contributed by atoms with E-state index >= 15 is 0 Å². The monoisotopic (exact) mass is 392 g/mol. The maximum Gasteiger partial charge on any atom is 0.418 e. The molecular weight excluding hydrogens is 372 g/mol. The molecule has 0 saturated carbocycles. The fraction of sp³-hybridized carbons (Fsp3) is 0.529. The second kappa shape index (κ2) is 7.24. The molecule has 0 radical (unpaired) electrons. The number of carboxylic acids is 1. The summed E-state index contributed by atoms with van der Waals surface area (Å²) in [5.41, 5.74) is -2.38. The van der Waals surface area contributed by atoms with Gasteiger partial charge in [-0.1, -0.05) is 0 Å². The van der Waals surface area contributed by atoms with Gasteiger partial charge in [-0.3, -0.25) is 4.90 Å². The Morgan fingerprint density at radius 2 is 1.81 bits per heavy atom. The Labute approximate surface area is 153 Å². The van der Waals surface area contributed by atoms with Crippen molar-refractivity contribution in [2.45, 2.75) is 38.6 Å². The van der Waals surface area contributed by atoms with Gasteiger partial charge in [-0.15, -0.1) is 0 Å². The number of carbonyl (C=O) groups is 2. The highest BCUT2D eigenvalue weighted by Gasteiger charge is 2.41. The highest BCUT2D eigenvalue weighted by Crippen LogP contribution is 2.37. The van der Waals surface area contributed by atoms with Crippen molar-refractivity contribution in [1.29, 1.82) is 0 Å². The number of nitrogens with zero attached hydrogens (tertiary/aromatic N) is 2. The number of alkyl halides is 3. The molecule has 1 N–H and O–H groups in total. The zero-order valence-electron chi connectivity index (χ0n) is 15.0. The number of piperazine rings is 1. The van der Waals surface area contributed by atoms with Crippen LogP contribution in [-0.4, -0.2) is 53.3 Å². The van der Waals surface area contributed by atoms with Crippen LogP contribution in [0.15, 0.2) is 18.2 Å². The van der Waals surface area contributed by atoms with Gasteiger partial charge in [-0.2, -0.15) is 13.2 Å². The van der Waals surface area contributed by atoms with Crippen molar-refractivity contribution in [1.82, 2.24) is 4.90 Å². The van der Waals surface area contributed by atoms with E-state index in [0.29, 0.717) is 6.07 Å². The number of aliphatic carboxylic acids is 1. The van der Waals surface area contributed by atoms with Crippen molar-refractivity contribution in [2.24, 2.45) is 0 Å². The molecule has 1 aliphatic heterocycles. The summed E-state index contributed by atoms with van der Waals surface area (Å²) in [6.45, 7) is 4.25. The minimum atomic E-state index is -4.81. The molecule has 1 aromatic rings. The van der Waals surface area contributed by atoms with Gasteiger partial charge >= 0.3 is 18.2 Å². The minimum Gasteiger partial charge on any atom is -0.480 e. The topological polar surface area (TPSA) is 70.1 Å². The molecule has 1 fully saturated rings. The van der Waals surface area contributed by atoms with E-state index in [0.717, 1.165) is 17.0 Å². The van der Waals surface area contributed by atoms with E-state index in [1.807, 2.05) is 0 Å². The molecule has 10 heteroatoms. The summed E-state index contributed by atoms with van der Waals surface area (Å²) in [7, 11) is 0. The molecule has 0 aliphatic carbocycles. The van der Waals surface area contributed by atoms with Crippen LogP contribution < -0.4 is 4.90 Å². The van der Waals surface area contributed by atoms with Crippen LogP contribution in [0.4, 0.5) is 28.0 Å². The highest BCUT2D eigenvalue weighted by molar-refractivity contribution is 5.81. The number of rotatable bonds is 2. The lowest BCUT2D eigenvalue weighted by Crippen LogP contribution is -2.59. The summed E-state index contributed by atoms with van der Waals surface area (Å²) in [5, 5.41) is 9.44. The Kier molecular flexibility index (Phi) is 5.58. The third-order valence-electron chi connectivity index (χ3n) is 3.90. The van der Waals surface area contributed by atoms with Crippen molar-refractivity contribution in [2.75, 3.05) is 24.5 Å². The first-order chi connectivity index (χ1) is 12.3. The van der Waals surface area contributed by atoms with Gasteiger partial charge in [-0.25, -0.2) is 14.0 Å². The molecule has 1 atom stereocenters. The Morgan fingerprint density at radius 1 is 1.19 bits per heavy atom. The smallest absolute Gasteiger partial charge is 0.418 e. The lowest BCUT2D eigenvalue weighted by molar-refractivity contribution is -0.143. The first kappa shape index (κ1) is 20.8. The van der Waals surface area contributed by atoms with E-state index in [9.17, 15) is 32.3 Å². The average Bonchev–Trinajstić information content (AvgIpc) is 2.51. The van der Waals surface area contributed by atoms with E-state index in [4.69, 9.17) is 4.74 Å². The van der Waals surface area contributed by atoms with E-state index in [1.54, 1.807) is 20.8 Å². The predicted octanol–water partition coefficient (Wildman–Crippen LogP) is 3.35. The maximum absolute atomic E-state index is 13.3. The second-order valence-corrected chi connectivity index (χ2v) is 7.13. The SMILES string of the molecule is CC(C)(C)OC(=O)N1CCN(c2ccc(F)cc2C(F)(F)F)C[C@H]1C(=O)O. The first-order valence-electron chi connectivity index (χ1n) is 8.14. The number of carbonyl (C=O) groups excluding carboxylic acids is 1. The Bertz CT molecular complexity index is 731. The van der Waals surface area contributed by atoms with Gasteiger partial charge in [0, 0.05) is 25.3 Å². The van der Waals surface area contributed by atoms with Crippen molar-refractivity contribution in [3.63, 3.8) is 0 Å². The van der Waals surface area contributed by atoms with Gasteiger partial charge in [0.2, 0.25) is 0 Å². The quantitative estimate of drug-likeness (QED) is 0.782. The fourth-order valence-corrected chi connectivity index (χ4v) is 2.76. The molecule has 1 saturated heterocycles. The summed E-state index contributed by atoms with van der Waals surface area (Å²) >= 11 is 0. The van der Waals surface area contributed by atoms with Crippen molar-refractivity contribution in [3.05, 3.63) is 29.6 Å². The number of amides is 1. The lowest BCUT2D eigenvalue weighted by Gasteiger charge is -2.41. The molecule has 1 aromatic carbocycles. The summed E-state index contributed by atoms with van der Waals surface area (Å²) in [5.74, 6) is -2.42. The molecule has 1 aliphatic rings. The summed E-state index contributed by atoms with van der Waals surface area (Å²) in [4.78, 5) is 26.0. The van der Waals surface area contributed by atoms with Crippen LogP contribution in [0.25, 0.3) is 0 Å². The van der Waals surface area contributed by atoms with Crippen molar-refractivity contribution < 1.29 is 37.0 Å². The lowest BCUT2D eigenvalue weighted by atomic mass is 10.1. The first-order valence-corrected chi connectivity index (χ1v) is 8.14. The molecule has 1 heterocycles. The zero-order valence-corrected chi connectivity index (χ0v) is 15.0. The average molecular weight is 392 g/mol. The summed E-state index contributed by atoms with van der Waals surface area (Å²) < 4.78 is 58.2. The Morgan fingerprint density at radius 3 is 2.33 bits per heavy atom. The number of ether oxygens (including phenoxy) is 1. The normalized spacial score (nSPS) is 18.4. The highest BCUT2D eigenvalue weighted by atomic mass is 19.4. The zero-order chi connectivity index (χ0) is 20.6. The number of benzene rings is 1. The van der Waals surface area contributed by atoms with Crippen LogP contribution in [0.5, 0.6) is 0 Å². The number of anilines is 1. The molecule has 0 aromatic heterocycles. The van der Waals surface area contributed by atoms with Crippen molar-refractivity contribution >= 4 is 17.7 Å². The molecule has 27 heavy (non-hydrogen) atoms. The van der Waals surface area contributed by atoms with Crippen LogP contribution in [0.1, 0.15) is 26.3 Å². The van der Waals surface area contributed by atoms with Gasteiger partial charge in [0.1, 0.15) is 17.5 Å². The molecule has 0 bridgehead atoms. The fourth-order valence-electron chi connectivity index (χ4n) is 2.76. The number of carboxylic acid groups (broad SMARTS) is 1. The van der Waals surface area contributed by atoms with Gasteiger partial charge in [0.15, 0.2) is 0 Å². The molecule has 150 valence electrons. The van der Waals surface area contributed by atoms with Gasteiger partial charge in [0.25, 0.3) is 0 Å². The molecule has 2 rings (SSSR count). The third-order valence-corrected chi connectivity index (χ3v) is 3.90. The van der Waals surface area contributed by atoms with Crippen LogP contribution in [0.2, 0.25) is 0 Å². The van der Waals surface area contributed by atoms with E-state index in [-0.39, 0.29) is 25.3 Å². The molecule has 0 unspecified atom stereocenters. The number of hydrogen-bond acceptors (Lipinski definition) is 4. The standard InChI is InChI=1S/C17H20F4N2O4/c1-16(2,3)27-15(26)23-7-6-22(9-13(23)14(24)25)12-5-4-10(18)8-11(12)17(19,20)21/h4-5,8,13H,6-7,9H2,1-3H3,(H,24,25)/t13-/m0/s1. The predicted molar refractivity (Wildman–Crippen MR) is 88.0 cm³/mol. The largest absolute Gasteiger partial charge is 0.480 e. The molecule has 0 spiro atoms. The van der Waals surface area contributed by atoms with Crippen LogP contribution in [0.3, 0.4) is 0 Å². The molecular formula is C17H20F4N2O4. The van der Waals surface area contributed by atoms with E-state index in [1.165, 1.54) is 4.90 Å². The molecule has 6 nitrogen and oxygen atoms in total. The van der Waals surface area contributed by atoms with Gasteiger partial charge in [0.05, 0.1) is 5.56 Å². The van der Waals surface area contributed by atoms with Gasteiger partial charge < -0.3 is 14.7 Å². The number of halogens is 4. The summed E-state index contributed by atoms with van der Waals surface area (Å²) in [6, 6.07) is 0.798. The van der Waals surface area contributed by atoms with Gasteiger partial charge in [-0.05, 0) is 39.0 Å².